The molecule has 0 aliphatic heterocycles. The van der Waals surface area contributed by atoms with E-state index in [9.17, 15) is 14.7 Å². The minimum absolute atomic E-state index is 0. The van der Waals surface area contributed by atoms with Gasteiger partial charge in [0.25, 0.3) is 5.91 Å². The first-order chi connectivity index (χ1) is 15.0. The van der Waals surface area contributed by atoms with E-state index in [-0.39, 0.29) is 18.9 Å². The van der Waals surface area contributed by atoms with E-state index in [4.69, 9.17) is 0 Å². The predicted octanol–water partition coefficient (Wildman–Crippen LogP) is 0.894. The Morgan fingerprint density at radius 3 is 2.62 bits per heavy atom. The molecule has 8 heteroatoms. The predicted molar refractivity (Wildman–Crippen MR) is 127 cm³/mol. The molecule has 160 valence electrons. The number of aliphatic carboxylic acids is 1. The molecule has 1 N–H and O–H groups in total. The van der Waals surface area contributed by atoms with Crippen LogP contribution in [-0.2, 0) is 4.79 Å². The van der Waals surface area contributed by atoms with Gasteiger partial charge in [0.05, 0.1) is 17.5 Å². The third-order valence-corrected chi connectivity index (χ3v) is 6.20. The topological polar surface area (TPSA) is 82.1 Å². The molecule has 1 heterocycles. The molecule has 1 aromatic heterocycles. The van der Waals surface area contributed by atoms with Gasteiger partial charge in [-0.3, -0.25) is 9.78 Å². The standard InChI is InChI=1S/C24H24N2O3S2.Li/c1-16-5-3-4-6-19(16)21-13-17(7-9-18-14-25-15-31-18)8-10-20(21)23(27)26-22(24(28)29)11-12-30-2;/h3-10,13-15,22H,11-12H2,1-2H3,(H,26,27)(H,28,29);/q;+1/p-1/t22-;/m0./s1. The summed E-state index contributed by atoms with van der Waals surface area (Å²) in [4.78, 5) is 29.6. The average molecular weight is 459 g/mol. The van der Waals surface area contributed by atoms with E-state index < -0.39 is 17.9 Å². The Morgan fingerprint density at radius 2 is 1.97 bits per heavy atom. The van der Waals surface area contributed by atoms with Gasteiger partial charge in [0.2, 0.25) is 0 Å². The molecule has 1 amide bonds. The van der Waals surface area contributed by atoms with Crippen molar-refractivity contribution in [2.75, 3.05) is 12.0 Å². The van der Waals surface area contributed by atoms with E-state index in [0.717, 1.165) is 27.1 Å². The second-order valence-corrected chi connectivity index (χ2v) is 8.89. The molecule has 5 nitrogen and oxygen atoms in total. The molecule has 3 rings (SSSR count). The first kappa shape index (κ1) is 26.0. The smallest absolute Gasteiger partial charge is 0.548 e. The molecule has 0 radical (unpaired) electrons. The quantitative estimate of drug-likeness (QED) is 0.482. The normalized spacial score (nSPS) is 11.7. The average Bonchev–Trinajstić information content (AvgIpc) is 3.29. The number of hydrogen-bond donors (Lipinski definition) is 1. The number of carbonyl (C=O) groups is 2. The Balaban J connectivity index is 0.00000363. The van der Waals surface area contributed by atoms with Gasteiger partial charge in [-0.1, -0.05) is 36.4 Å². The maximum atomic E-state index is 13.1. The zero-order chi connectivity index (χ0) is 22.2. The number of rotatable bonds is 9. The summed E-state index contributed by atoms with van der Waals surface area (Å²) in [5.74, 6) is -1.08. The summed E-state index contributed by atoms with van der Waals surface area (Å²) in [5, 5.41) is 14.1. The first-order valence-electron chi connectivity index (χ1n) is 9.77. The third kappa shape index (κ3) is 6.85. The molecule has 0 aliphatic carbocycles. The number of aryl methyl sites for hydroxylation is 1. The first-order valence-corrected chi connectivity index (χ1v) is 12.0. The van der Waals surface area contributed by atoms with Crippen LogP contribution in [0.5, 0.6) is 0 Å². The molecular weight excluding hydrogens is 435 g/mol. The fraction of sp³-hybridized carbons (Fsp3) is 0.208. The summed E-state index contributed by atoms with van der Waals surface area (Å²) in [6.45, 7) is 1.99. The fourth-order valence-corrected chi connectivity index (χ4v) is 4.15. The summed E-state index contributed by atoms with van der Waals surface area (Å²) >= 11 is 3.07. The maximum absolute atomic E-state index is 13.1. The second kappa shape index (κ2) is 12.7. The Morgan fingerprint density at radius 1 is 1.19 bits per heavy atom. The number of nitrogens with zero attached hydrogens (tertiary/aromatic N) is 1. The van der Waals surface area contributed by atoms with Crippen LogP contribution in [0.4, 0.5) is 0 Å². The van der Waals surface area contributed by atoms with Crippen molar-refractivity contribution in [1.29, 1.82) is 0 Å². The SMILES string of the molecule is CSCC[C@H](NC(=O)c1ccc(C=Cc2cncs2)cc1-c1ccccc1C)C(=O)[O-].[Li+]. The third-order valence-electron chi connectivity index (χ3n) is 4.82. The van der Waals surface area contributed by atoms with E-state index >= 15 is 0 Å². The summed E-state index contributed by atoms with van der Waals surface area (Å²) in [7, 11) is 0. The molecule has 0 spiro atoms. The summed E-state index contributed by atoms with van der Waals surface area (Å²) in [5.41, 5.74) is 5.84. The molecule has 1 atom stereocenters. The van der Waals surface area contributed by atoms with Crippen molar-refractivity contribution in [2.45, 2.75) is 19.4 Å². The van der Waals surface area contributed by atoms with Crippen LogP contribution >= 0.6 is 23.1 Å². The van der Waals surface area contributed by atoms with Crippen LogP contribution in [0.1, 0.15) is 32.8 Å². The van der Waals surface area contributed by atoms with Crippen molar-refractivity contribution in [2.24, 2.45) is 0 Å². The number of hydrogen-bond acceptors (Lipinski definition) is 6. The van der Waals surface area contributed by atoms with Crippen LogP contribution in [0.15, 0.2) is 54.2 Å². The van der Waals surface area contributed by atoms with Gasteiger partial charge in [0.1, 0.15) is 0 Å². The summed E-state index contributed by atoms with van der Waals surface area (Å²) < 4.78 is 0. The number of benzene rings is 2. The fourth-order valence-electron chi connectivity index (χ4n) is 3.17. The van der Waals surface area contributed by atoms with E-state index in [1.54, 1.807) is 29.1 Å². The van der Waals surface area contributed by atoms with Crippen LogP contribution in [0.3, 0.4) is 0 Å². The van der Waals surface area contributed by atoms with E-state index in [1.807, 2.05) is 61.7 Å². The molecule has 0 saturated carbocycles. The number of carboxylic acids is 1. The zero-order valence-electron chi connectivity index (χ0n) is 18.3. The molecule has 3 aromatic rings. The number of thioether (sulfide) groups is 1. The minimum Gasteiger partial charge on any atom is -0.548 e. The van der Waals surface area contributed by atoms with Gasteiger partial charge in [-0.05, 0) is 65.8 Å². The van der Waals surface area contributed by atoms with Gasteiger partial charge in [-0.25, -0.2) is 0 Å². The number of thiazole rings is 1. The van der Waals surface area contributed by atoms with Gasteiger partial charge >= 0.3 is 18.9 Å². The van der Waals surface area contributed by atoms with Gasteiger partial charge in [0.15, 0.2) is 0 Å². The van der Waals surface area contributed by atoms with E-state index in [2.05, 4.69) is 10.3 Å². The minimum atomic E-state index is -1.27. The van der Waals surface area contributed by atoms with Crippen molar-refractivity contribution in [3.63, 3.8) is 0 Å². The number of amides is 1. The van der Waals surface area contributed by atoms with Crippen LogP contribution in [0, 0.1) is 6.92 Å². The van der Waals surface area contributed by atoms with E-state index in [0.29, 0.717) is 17.7 Å². The number of aromatic nitrogens is 1. The molecule has 0 unspecified atom stereocenters. The van der Waals surface area contributed by atoms with Gasteiger partial charge < -0.3 is 15.2 Å². The number of carboxylic acid groups (broad SMARTS) is 1. The van der Waals surface area contributed by atoms with Crippen LogP contribution in [0.25, 0.3) is 23.3 Å². The molecule has 0 fully saturated rings. The molecule has 32 heavy (non-hydrogen) atoms. The van der Waals surface area contributed by atoms with Crippen molar-refractivity contribution in [3.8, 4) is 11.1 Å². The second-order valence-electron chi connectivity index (χ2n) is 6.98. The monoisotopic (exact) mass is 458 g/mol. The van der Waals surface area contributed by atoms with Crippen molar-refractivity contribution >= 4 is 47.1 Å². The largest absolute Gasteiger partial charge is 1.00 e. The number of nitrogens with one attached hydrogen (secondary N) is 1. The molecular formula is C24H23LiN2O3S2. The Kier molecular flexibility index (Phi) is 10.3. The van der Waals surface area contributed by atoms with Gasteiger partial charge in [-0.2, -0.15) is 11.8 Å². The number of carbonyl (C=O) groups excluding carboxylic acids is 2. The van der Waals surface area contributed by atoms with Crippen molar-refractivity contribution in [3.05, 3.63) is 75.7 Å². The Bertz CT molecular complexity index is 1080. The Hall–Kier alpha value is -2.30. The molecule has 0 bridgehead atoms. The van der Waals surface area contributed by atoms with Crippen molar-refractivity contribution in [1.82, 2.24) is 10.3 Å². The molecule has 2 aromatic carbocycles. The van der Waals surface area contributed by atoms with E-state index in [1.165, 1.54) is 11.8 Å². The zero-order valence-corrected chi connectivity index (χ0v) is 20.0. The molecule has 0 aliphatic rings. The summed E-state index contributed by atoms with van der Waals surface area (Å²) in [6.07, 6.45) is 7.94. The van der Waals surface area contributed by atoms with Crippen molar-refractivity contribution < 1.29 is 33.6 Å². The van der Waals surface area contributed by atoms with Gasteiger partial charge in [-0.15, -0.1) is 11.3 Å². The van der Waals surface area contributed by atoms with Gasteiger partial charge in [0, 0.05) is 16.6 Å². The Labute approximate surface area is 208 Å². The van der Waals surface area contributed by atoms with Crippen LogP contribution in [-0.4, -0.2) is 34.9 Å². The maximum Gasteiger partial charge on any atom is 1.00 e. The van der Waals surface area contributed by atoms with Crippen LogP contribution in [0.2, 0.25) is 0 Å². The summed E-state index contributed by atoms with van der Waals surface area (Å²) in [6, 6.07) is 12.3. The molecule has 0 saturated heterocycles. The van der Waals surface area contributed by atoms with Crippen LogP contribution < -0.4 is 29.3 Å².